The third kappa shape index (κ3) is 5.21. The Balaban J connectivity index is 2.81. The topological polar surface area (TPSA) is 81.4 Å². The lowest BCUT2D eigenvalue weighted by Gasteiger charge is -2.20. The molecule has 0 saturated heterocycles. The number of carbonyl (C=O) groups is 1. The molecule has 0 saturated carbocycles. The van der Waals surface area contributed by atoms with Gasteiger partial charge < -0.3 is 15.8 Å². The van der Waals surface area contributed by atoms with Crippen LogP contribution in [0.4, 0.5) is 5.69 Å². The first-order valence-corrected chi connectivity index (χ1v) is 7.76. The van der Waals surface area contributed by atoms with E-state index < -0.39 is 10.8 Å². The summed E-state index contributed by atoms with van der Waals surface area (Å²) >= 11 is 0. The second kappa shape index (κ2) is 6.74. The predicted molar refractivity (Wildman–Crippen MR) is 81.2 cm³/mol. The molecule has 0 aliphatic heterocycles. The van der Waals surface area contributed by atoms with Gasteiger partial charge in [0.2, 0.25) is 5.91 Å². The van der Waals surface area contributed by atoms with Crippen molar-refractivity contribution in [1.29, 1.82) is 0 Å². The van der Waals surface area contributed by atoms with Gasteiger partial charge in [0.05, 0.1) is 22.3 Å². The number of ether oxygens (including phenoxy) is 1. The van der Waals surface area contributed by atoms with Crippen molar-refractivity contribution < 1.29 is 13.7 Å². The van der Waals surface area contributed by atoms with E-state index in [1.54, 1.807) is 18.2 Å². The Labute approximate surface area is 122 Å². The first kappa shape index (κ1) is 16.5. The Kier molecular flexibility index (Phi) is 5.56. The molecule has 1 amide bonds. The van der Waals surface area contributed by atoms with Crippen LogP contribution in [0.15, 0.2) is 23.1 Å². The fourth-order valence-electron chi connectivity index (χ4n) is 1.62. The van der Waals surface area contributed by atoms with Crippen molar-refractivity contribution in [2.75, 3.05) is 18.1 Å². The lowest BCUT2D eigenvalue weighted by atomic mass is 10.1. The number of nitrogens with two attached hydrogens (primary N) is 1. The Morgan fingerprint density at radius 1 is 1.40 bits per heavy atom. The minimum Gasteiger partial charge on any atom is -0.494 e. The molecule has 0 aromatic heterocycles. The summed E-state index contributed by atoms with van der Waals surface area (Å²) in [5, 5.41) is 2.77. The summed E-state index contributed by atoms with van der Waals surface area (Å²) in [4.78, 5) is 12.2. The molecule has 0 spiro atoms. The van der Waals surface area contributed by atoms with Gasteiger partial charge in [-0.05, 0) is 45.9 Å². The first-order chi connectivity index (χ1) is 9.23. The molecule has 1 unspecified atom stereocenters. The highest BCUT2D eigenvalue weighted by Gasteiger charge is 2.18. The SMILES string of the molecule is CCOc1ccc(N)c(S(=O)CC(=O)NC(C)(C)C)c1. The fraction of sp³-hybridized carbons (Fsp3) is 0.500. The molecule has 0 bridgehead atoms. The van der Waals surface area contributed by atoms with Crippen molar-refractivity contribution in [2.45, 2.75) is 38.1 Å². The summed E-state index contributed by atoms with van der Waals surface area (Å²) in [5.41, 5.74) is 5.86. The highest BCUT2D eigenvalue weighted by atomic mass is 32.2. The molecule has 0 radical (unpaired) electrons. The number of benzene rings is 1. The maximum absolute atomic E-state index is 12.2. The largest absolute Gasteiger partial charge is 0.494 e. The summed E-state index contributed by atoms with van der Waals surface area (Å²) in [6.45, 7) is 8.00. The van der Waals surface area contributed by atoms with Crippen LogP contribution in [0.25, 0.3) is 0 Å². The average molecular weight is 298 g/mol. The van der Waals surface area contributed by atoms with Crippen molar-refractivity contribution in [2.24, 2.45) is 0 Å². The van der Waals surface area contributed by atoms with Gasteiger partial charge in [-0.1, -0.05) is 0 Å². The molecule has 1 aromatic carbocycles. The smallest absolute Gasteiger partial charge is 0.233 e. The van der Waals surface area contributed by atoms with Gasteiger partial charge in [-0.15, -0.1) is 0 Å². The Morgan fingerprint density at radius 2 is 2.05 bits per heavy atom. The Hall–Kier alpha value is -1.56. The number of nitrogens with one attached hydrogen (secondary N) is 1. The van der Waals surface area contributed by atoms with Gasteiger partial charge in [-0.25, -0.2) is 0 Å². The molecular formula is C14H22N2O3S. The highest BCUT2D eigenvalue weighted by molar-refractivity contribution is 7.86. The highest BCUT2D eigenvalue weighted by Crippen LogP contribution is 2.23. The van der Waals surface area contributed by atoms with E-state index in [1.165, 1.54) is 0 Å². The molecule has 112 valence electrons. The van der Waals surface area contributed by atoms with Gasteiger partial charge in [0.15, 0.2) is 0 Å². The molecule has 1 atom stereocenters. The standard InChI is InChI=1S/C14H22N2O3S/c1-5-19-10-6-7-11(15)12(8-10)20(18)9-13(17)16-14(2,3)4/h6-8H,5,9,15H2,1-4H3,(H,16,17). The van der Waals surface area contributed by atoms with E-state index in [-0.39, 0.29) is 17.2 Å². The van der Waals surface area contributed by atoms with Crippen LogP contribution in [0.3, 0.4) is 0 Å². The molecule has 1 aromatic rings. The number of carbonyl (C=O) groups excluding carboxylic acids is 1. The molecule has 1 rings (SSSR count). The van der Waals surface area contributed by atoms with E-state index in [0.29, 0.717) is 22.9 Å². The molecule has 5 nitrogen and oxygen atoms in total. The number of hydrogen-bond acceptors (Lipinski definition) is 4. The summed E-state index contributed by atoms with van der Waals surface area (Å²) in [6.07, 6.45) is 0. The maximum Gasteiger partial charge on any atom is 0.233 e. The van der Waals surface area contributed by atoms with Crippen molar-refractivity contribution in [3.8, 4) is 5.75 Å². The molecule has 3 N–H and O–H groups in total. The molecule has 20 heavy (non-hydrogen) atoms. The first-order valence-electron chi connectivity index (χ1n) is 6.44. The maximum atomic E-state index is 12.2. The lowest BCUT2D eigenvalue weighted by Crippen LogP contribution is -2.42. The number of amides is 1. The lowest BCUT2D eigenvalue weighted by molar-refractivity contribution is -0.119. The fourth-order valence-corrected chi connectivity index (χ4v) is 2.66. The Morgan fingerprint density at radius 3 is 2.60 bits per heavy atom. The van der Waals surface area contributed by atoms with Crippen LogP contribution in [0.5, 0.6) is 5.75 Å². The van der Waals surface area contributed by atoms with Crippen molar-refractivity contribution in [1.82, 2.24) is 5.32 Å². The monoisotopic (exact) mass is 298 g/mol. The van der Waals surface area contributed by atoms with Crippen LogP contribution in [0.2, 0.25) is 0 Å². The molecule has 0 fully saturated rings. The molecule has 0 aliphatic rings. The van der Waals surface area contributed by atoms with Crippen molar-refractivity contribution in [3.63, 3.8) is 0 Å². The van der Waals surface area contributed by atoms with Crippen LogP contribution >= 0.6 is 0 Å². The van der Waals surface area contributed by atoms with Crippen molar-refractivity contribution >= 4 is 22.4 Å². The van der Waals surface area contributed by atoms with Gasteiger partial charge in [0, 0.05) is 11.2 Å². The zero-order valence-corrected chi connectivity index (χ0v) is 13.2. The van der Waals surface area contributed by atoms with Crippen LogP contribution < -0.4 is 15.8 Å². The van der Waals surface area contributed by atoms with Crippen LogP contribution in [-0.2, 0) is 15.6 Å². The Bertz CT molecular complexity index is 510. The average Bonchev–Trinajstić information content (AvgIpc) is 2.29. The van der Waals surface area contributed by atoms with E-state index >= 15 is 0 Å². The third-order valence-electron chi connectivity index (χ3n) is 2.32. The summed E-state index contributed by atoms with van der Waals surface area (Å²) < 4.78 is 17.6. The number of nitrogen functional groups attached to an aromatic ring is 1. The van der Waals surface area contributed by atoms with E-state index in [9.17, 15) is 9.00 Å². The number of hydrogen-bond donors (Lipinski definition) is 2. The predicted octanol–water partition coefficient (Wildman–Crippen LogP) is 1.69. The third-order valence-corrected chi connectivity index (χ3v) is 3.69. The number of rotatable bonds is 5. The zero-order chi connectivity index (χ0) is 15.3. The second-order valence-corrected chi connectivity index (χ2v) is 6.84. The van der Waals surface area contributed by atoms with E-state index in [1.807, 2.05) is 27.7 Å². The zero-order valence-electron chi connectivity index (χ0n) is 12.4. The molecule has 0 heterocycles. The van der Waals surface area contributed by atoms with Crippen molar-refractivity contribution in [3.05, 3.63) is 18.2 Å². The molecule has 6 heteroatoms. The second-order valence-electron chi connectivity index (χ2n) is 5.42. The minimum atomic E-state index is -1.49. The van der Waals surface area contributed by atoms with Gasteiger partial charge in [-0.2, -0.15) is 0 Å². The minimum absolute atomic E-state index is 0.114. The van der Waals surface area contributed by atoms with Crippen LogP contribution in [0, 0.1) is 0 Å². The van der Waals surface area contributed by atoms with E-state index in [0.717, 1.165) is 0 Å². The quantitative estimate of drug-likeness (QED) is 0.811. The summed E-state index contributed by atoms with van der Waals surface area (Å²) in [7, 11) is -1.49. The van der Waals surface area contributed by atoms with Gasteiger partial charge in [0.1, 0.15) is 11.5 Å². The normalized spacial score (nSPS) is 12.8. The molecular weight excluding hydrogens is 276 g/mol. The van der Waals surface area contributed by atoms with Gasteiger partial charge in [-0.3, -0.25) is 9.00 Å². The summed E-state index contributed by atoms with van der Waals surface area (Å²) in [5.74, 6) is 0.218. The van der Waals surface area contributed by atoms with Crippen LogP contribution in [0.1, 0.15) is 27.7 Å². The van der Waals surface area contributed by atoms with Gasteiger partial charge >= 0.3 is 0 Å². The van der Waals surface area contributed by atoms with Gasteiger partial charge in [0.25, 0.3) is 0 Å². The molecule has 0 aliphatic carbocycles. The number of anilines is 1. The van der Waals surface area contributed by atoms with Crippen LogP contribution in [-0.4, -0.2) is 28.0 Å². The van der Waals surface area contributed by atoms with E-state index in [2.05, 4.69) is 5.32 Å². The summed E-state index contributed by atoms with van der Waals surface area (Å²) in [6, 6.07) is 4.98. The van der Waals surface area contributed by atoms with E-state index in [4.69, 9.17) is 10.5 Å².